The second-order valence-electron chi connectivity index (χ2n) is 4.60. The van der Waals surface area contributed by atoms with Crippen molar-refractivity contribution < 1.29 is 8.81 Å². The summed E-state index contributed by atoms with van der Waals surface area (Å²) in [6.45, 7) is 0.844. The van der Waals surface area contributed by atoms with Crippen LogP contribution in [0.2, 0.25) is 0 Å². The monoisotopic (exact) mass is 325 g/mol. The van der Waals surface area contributed by atoms with Gasteiger partial charge in [0, 0.05) is 23.5 Å². The van der Waals surface area contributed by atoms with Gasteiger partial charge in [0.25, 0.3) is 0 Å². The number of hydrogen-bond donors (Lipinski definition) is 1. The SMILES string of the molecule is Fc1ccc(-c2nnc(CCNC3CC3)o2)c(Br)c1. The lowest BCUT2D eigenvalue weighted by atomic mass is 10.2. The van der Waals surface area contributed by atoms with Crippen molar-refractivity contribution >= 4 is 15.9 Å². The molecule has 3 rings (SSSR count). The Morgan fingerprint density at radius 1 is 1.37 bits per heavy atom. The van der Waals surface area contributed by atoms with Crippen molar-refractivity contribution in [3.05, 3.63) is 34.4 Å². The zero-order valence-electron chi connectivity index (χ0n) is 10.2. The molecule has 0 unspecified atom stereocenters. The van der Waals surface area contributed by atoms with Gasteiger partial charge in [-0.1, -0.05) is 0 Å². The molecular formula is C13H13BrFN3O. The first kappa shape index (κ1) is 12.7. The van der Waals surface area contributed by atoms with E-state index in [9.17, 15) is 4.39 Å². The van der Waals surface area contributed by atoms with E-state index in [4.69, 9.17) is 4.42 Å². The fraction of sp³-hybridized carbons (Fsp3) is 0.385. The topological polar surface area (TPSA) is 51.0 Å². The quantitative estimate of drug-likeness (QED) is 0.918. The predicted molar refractivity (Wildman–Crippen MR) is 72.1 cm³/mol. The maximum Gasteiger partial charge on any atom is 0.248 e. The lowest BCUT2D eigenvalue weighted by Gasteiger charge is -1.99. The van der Waals surface area contributed by atoms with Gasteiger partial charge < -0.3 is 9.73 Å². The summed E-state index contributed by atoms with van der Waals surface area (Å²) < 4.78 is 19.2. The number of nitrogens with zero attached hydrogens (tertiary/aromatic N) is 2. The minimum absolute atomic E-state index is 0.302. The zero-order chi connectivity index (χ0) is 13.2. The van der Waals surface area contributed by atoms with E-state index in [1.807, 2.05) is 0 Å². The van der Waals surface area contributed by atoms with Crippen molar-refractivity contribution in [2.75, 3.05) is 6.54 Å². The van der Waals surface area contributed by atoms with Gasteiger partial charge in [0.05, 0.1) is 5.56 Å². The molecule has 1 N–H and O–H groups in total. The van der Waals surface area contributed by atoms with Gasteiger partial charge in [0.15, 0.2) is 0 Å². The predicted octanol–water partition coefficient (Wildman–Crippen LogP) is 2.93. The molecule has 1 fully saturated rings. The molecule has 1 aromatic heterocycles. The van der Waals surface area contributed by atoms with Crippen molar-refractivity contribution in [1.29, 1.82) is 0 Å². The fourth-order valence-corrected chi connectivity index (χ4v) is 2.32. The lowest BCUT2D eigenvalue weighted by molar-refractivity contribution is 0.493. The van der Waals surface area contributed by atoms with Gasteiger partial charge in [-0.15, -0.1) is 10.2 Å². The molecule has 19 heavy (non-hydrogen) atoms. The summed E-state index contributed by atoms with van der Waals surface area (Å²) in [7, 11) is 0. The van der Waals surface area contributed by atoms with Crippen LogP contribution in [0.5, 0.6) is 0 Å². The van der Waals surface area contributed by atoms with Crippen LogP contribution in [-0.2, 0) is 6.42 Å². The highest BCUT2D eigenvalue weighted by Crippen LogP contribution is 2.27. The smallest absolute Gasteiger partial charge is 0.248 e. The normalized spacial score (nSPS) is 14.8. The maximum atomic E-state index is 13.0. The van der Waals surface area contributed by atoms with E-state index < -0.39 is 0 Å². The van der Waals surface area contributed by atoms with Crippen molar-refractivity contribution in [2.24, 2.45) is 0 Å². The molecule has 0 bridgehead atoms. The molecule has 0 saturated heterocycles. The highest BCUT2D eigenvalue weighted by atomic mass is 79.9. The molecule has 1 saturated carbocycles. The van der Waals surface area contributed by atoms with Crippen LogP contribution in [0.15, 0.2) is 27.1 Å². The van der Waals surface area contributed by atoms with E-state index >= 15 is 0 Å². The van der Waals surface area contributed by atoms with Gasteiger partial charge in [-0.2, -0.15) is 0 Å². The first-order chi connectivity index (χ1) is 9.22. The summed E-state index contributed by atoms with van der Waals surface area (Å²) in [4.78, 5) is 0. The molecule has 0 aliphatic heterocycles. The third-order valence-electron chi connectivity index (χ3n) is 2.98. The average Bonchev–Trinajstić information content (AvgIpc) is 3.07. The van der Waals surface area contributed by atoms with Crippen LogP contribution in [0.3, 0.4) is 0 Å². The molecule has 1 aromatic carbocycles. The second-order valence-corrected chi connectivity index (χ2v) is 5.46. The van der Waals surface area contributed by atoms with Gasteiger partial charge in [-0.25, -0.2) is 4.39 Å². The molecule has 1 aliphatic carbocycles. The van der Waals surface area contributed by atoms with E-state index in [2.05, 4.69) is 31.4 Å². The van der Waals surface area contributed by atoms with Crippen molar-refractivity contribution in [3.8, 4) is 11.5 Å². The van der Waals surface area contributed by atoms with Crippen LogP contribution in [0.1, 0.15) is 18.7 Å². The van der Waals surface area contributed by atoms with Gasteiger partial charge in [-0.05, 0) is 47.0 Å². The Kier molecular flexibility index (Phi) is 3.61. The third kappa shape index (κ3) is 3.19. The Morgan fingerprint density at radius 2 is 2.21 bits per heavy atom. The van der Waals surface area contributed by atoms with Crippen molar-refractivity contribution in [1.82, 2.24) is 15.5 Å². The van der Waals surface area contributed by atoms with E-state index in [-0.39, 0.29) is 5.82 Å². The van der Waals surface area contributed by atoms with E-state index in [1.54, 1.807) is 6.07 Å². The Bertz CT molecular complexity index is 583. The second kappa shape index (κ2) is 5.38. The van der Waals surface area contributed by atoms with Gasteiger partial charge in [0.2, 0.25) is 11.8 Å². The van der Waals surface area contributed by atoms with Crippen LogP contribution in [0, 0.1) is 5.82 Å². The Morgan fingerprint density at radius 3 is 2.95 bits per heavy atom. The van der Waals surface area contributed by atoms with Gasteiger partial charge in [0.1, 0.15) is 5.82 Å². The van der Waals surface area contributed by atoms with Gasteiger partial charge in [-0.3, -0.25) is 0 Å². The molecule has 4 nitrogen and oxygen atoms in total. The molecule has 0 atom stereocenters. The molecule has 2 aromatic rings. The first-order valence-corrected chi connectivity index (χ1v) is 7.03. The van der Waals surface area contributed by atoms with Gasteiger partial charge >= 0.3 is 0 Å². The van der Waals surface area contributed by atoms with Crippen LogP contribution in [-0.4, -0.2) is 22.8 Å². The Labute approximate surface area is 118 Å². The third-order valence-corrected chi connectivity index (χ3v) is 3.63. The molecular weight excluding hydrogens is 313 g/mol. The Balaban J connectivity index is 1.68. The standard InChI is InChI=1S/C13H13BrFN3O/c14-11-7-8(15)1-4-10(11)13-18-17-12(19-13)5-6-16-9-2-3-9/h1,4,7,9,16H,2-3,5-6H2. The van der Waals surface area contributed by atoms with E-state index in [1.165, 1.54) is 25.0 Å². The summed E-state index contributed by atoms with van der Waals surface area (Å²) in [6.07, 6.45) is 3.23. The van der Waals surface area contributed by atoms with Crippen molar-refractivity contribution in [2.45, 2.75) is 25.3 Å². The number of nitrogens with one attached hydrogen (secondary N) is 1. The molecule has 0 amide bonds. The van der Waals surface area contributed by atoms with E-state index in [0.29, 0.717) is 34.3 Å². The molecule has 0 radical (unpaired) electrons. The fourth-order valence-electron chi connectivity index (χ4n) is 1.80. The summed E-state index contributed by atoms with van der Waals surface area (Å²) in [6, 6.07) is 5.06. The highest BCUT2D eigenvalue weighted by Gasteiger charge is 2.20. The molecule has 0 spiro atoms. The number of hydrogen-bond acceptors (Lipinski definition) is 4. The summed E-state index contributed by atoms with van der Waals surface area (Å²) >= 11 is 3.29. The minimum Gasteiger partial charge on any atom is -0.421 e. The van der Waals surface area contributed by atoms with Crippen molar-refractivity contribution in [3.63, 3.8) is 0 Å². The Hall–Kier alpha value is -1.27. The molecule has 6 heteroatoms. The maximum absolute atomic E-state index is 13.0. The average molecular weight is 326 g/mol. The number of rotatable bonds is 5. The van der Waals surface area contributed by atoms with Crippen LogP contribution >= 0.6 is 15.9 Å². The number of halogens is 2. The van der Waals surface area contributed by atoms with Crippen LogP contribution in [0.4, 0.5) is 4.39 Å². The minimum atomic E-state index is -0.302. The number of aromatic nitrogens is 2. The van der Waals surface area contributed by atoms with E-state index in [0.717, 1.165) is 6.54 Å². The molecule has 1 aliphatic rings. The molecule has 100 valence electrons. The lowest BCUT2D eigenvalue weighted by Crippen LogP contribution is -2.19. The summed E-state index contributed by atoms with van der Waals surface area (Å²) in [5.74, 6) is 0.705. The largest absolute Gasteiger partial charge is 0.421 e. The molecule has 1 heterocycles. The highest BCUT2D eigenvalue weighted by molar-refractivity contribution is 9.10. The summed E-state index contributed by atoms with van der Waals surface area (Å²) in [5.41, 5.74) is 0.704. The van der Waals surface area contributed by atoms with Crippen LogP contribution < -0.4 is 5.32 Å². The number of benzene rings is 1. The van der Waals surface area contributed by atoms with Crippen LogP contribution in [0.25, 0.3) is 11.5 Å². The summed E-state index contributed by atoms with van der Waals surface area (Å²) in [5, 5.41) is 11.4. The zero-order valence-corrected chi connectivity index (χ0v) is 11.8. The first-order valence-electron chi connectivity index (χ1n) is 6.23.